The standard InChI is InChI=1S/C16H13NO2S/c1-11-13(12-7-3-2-4-8-12)14(16(18)19)15(20-11)17-9-5-6-10-17/h2-10H,1H3,(H,18,19)/p-1. The minimum Gasteiger partial charge on any atom is -0.545 e. The SMILES string of the molecule is Cc1sc(-n2cccc2)c(C(=O)[O-])c1-c1ccccc1. The Kier molecular flexibility index (Phi) is 3.16. The van der Waals surface area contributed by atoms with Crippen LogP contribution in [0.1, 0.15) is 15.2 Å². The Morgan fingerprint density at radius 3 is 2.35 bits per heavy atom. The number of hydrogen-bond acceptors (Lipinski definition) is 3. The van der Waals surface area contributed by atoms with E-state index in [1.165, 1.54) is 11.3 Å². The van der Waals surface area contributed by atoms with Gasteiger partial charge in [0, 0.05) is 28.4 Å². The molecule has 0 saturated carbocycles. The number of aromatic nitrogens is 1. The third kappa shape index (κ3) is 2.04. The fourth-order valence-corrected chi connectivity index (χ4v) is 3.45. The van der Waals surface area contributed by atoms with Crippen molar-refractivity contribution in [3.63, 3.8) is 0 Å². The summed E-state index contributed by atoms with van der Waals surface area (Å²) in [5, 5.41) is 12.3. The summed E-state index contributed by atoms with van der Waals surface area (Å²) in [6, 6.07) is 13.3. The Hall–Kier alpha value is -2.33. The van der Waals surface area contributed by atoms with Gasteiger partial charge < -0.3 is 14.5 Å². The lowest BCUT2D eigenvalue weighted by Crippen LogP contribution is -2.23. The van der Waals surface area contributed by atoms with E-state index in [2.05, 4.69) is 0 Å². The molecule has 0 fully saturated rings. The molecule has 0 unspecified atom stereocenters. The first-order chi connectivity index (χ1) is 9.68. The minimum absolute atomic E-state index is 0.259. The van der Waals surface area contributed by atoms with Gasteiger partial charge in [0.05, 0.1) is 5.97 Å². The van der Waals surface area contributed by atoms with E-state index in [0.717, 1.165) is 16.0 Å². The maximum absolute atomic E-state index is 11.6. The van der Waals surface area contributed by atoms with Crippen molar-refractivity contribution in [2.75, 3.05) is 0 Å². The van der Waals surface area contributed by atoms with Crippen LogP contribution >= 0.6 is 11.3 Å². The molecule has 0 aliphatic heterocycles. The van der Waals surface area contributed by atoms with Crippen LogP contribution in [0.2, 0.25) is 0 Å². The fraction of sp³-hybridized carbons (Fsp3) is 0.0625. The fourth-order valence-electron chi connectivity index (χ4n) is 2.32. The third-order valence-electron chi connectivity index (χ3n) is 3.17. The third-order valence-corrected chi connectivity index (χ3v) is 4.29. The van der Waals surface area contributed by atoms with Crippen LogP contribution in [0.5, 0.6) is 0 Å². The summed E-state index contributed by atoms with van der Waals surface area (Å²) in [6.07, 6.45) is 3.68. The highest BCUT2D eigenvalue weighted by Crippen LogP contribution is 2.38. The lowest BCUT2D eigenvalue weighted by atomic mass is 10.0. The van der Waals surface area contributed by atoms with Gasteiger partial charge >= 0.3 is 0 Å². The number of rotatable bonds is 3. The van der Waals surface area contributed by atoms with Crippen molar-refractivity contribution in [2.45, 2.75) is 6.92 Å². The second-order valence-corrected chi connectivity index (χ2v) is 5.66. The van der Waals surface area contributed by atoms with Crippen LogP contribution in [0.15, 0.2) is 54.9 Å². The maximum Gasteiger partial charge on any atom is 0.109 e. The van der Waals surface area contributed by atoms with Crippen molar-refractivity contribution in [1.29, 1.82) is 0 Å². The number of carbonyl (C=O) groups is 1. The number of aryl methyl sites for hydroxylation is 1. The molecule has 0 atom stereocenters. The summed E-state index contributed by atoms with van der Waals surface area (Å²) in [6.45, 7) is 1.94. The van der Waals surface area contributed by atoms with E-state index in [1.54, 1.807) is 0 Å². The van der Waals surface area contributed by atoms with Crippen LogP contribution in [0.4, 0.5) is 0 Å². The number of hydrogen-bond donors (Lipinski definition) is 0. The molecule has 100 valence electrons. The molecule has 0 amide bonds. The summed E-state index contributed by atoms with van der Waals surface area (Å²) in [5.74, 6) is -1.14. The van der Waals surface area contributed by atoms with Crippen LogP contribution in [0.3, 0.4) is 0 Å². The van der Waals surface area contributed by atoms with E-state index in [-0.39, 0.29) is 5.56 Å². The molecule has 4 heteroatoms. The van der Waals surface area contributed by atoms with E-state index in [9.17, 15) is 9.90 Å². The number of nitrogens with zero attached hydrogens (tertiary/aromatic N) is 1. The maximum atomic E-state index is 11.6. The highest BCUT2D eigenvalue weighted by atomic mass is 32.1. The second-order valence-electron chi connectivity index (χ2n) is 4.46. The van der Waals surface area contributed by atoms with E-state index in [0.29, 0.717) is 5.00 Å². The minimum atomic E-state index is -1.14. The number of carbonyl (C=O) groups excluding carboxylic acids is 1. The van der Waals surface area contributed by atoms with Crippen molar-refractivity contribution < 1.29 is 9.90 Å². The second kappa shape index (κ2) is 4.98. The van der Waals surface area contributed by atoms with Gasteiger partial charge in [0.2, 0.25) is 0 Å². The molecular weight excluding hydrogens is 270 g/mol. The van der Waals surface area contributed by atoms with Gasteiger partial charge in [0.1, 0.15) is 5.00 Å². The molecule has 0 aliphatic carbocycles. The molecule has 0 bridgehead atoms. The van der Waals surface area contributed by atoms with E-state index < -0.39 is 5.97 Å². The molecule has 0 N–H and O–H groups in total. The molecule has 0 radical (unpaired) electrons. The highest BCUT2D eigenvalue weighted by molar-refractivity contribution is 7.15. The summed E-state index contributed by atoms with van der Waals surface area (Å²) in [4.78, 5) is 12.6. The van der Waals surface area contributed by atoms with Gasteiger partial charge in [-0.05, 0) is 24.6 Å². The Morgan fingerprint density at radius 1 is 1.10 bits per heavy atom. The smallest absolute Gasteiger partial charge is 0.109 e. The Balaban J connectivity index is 2.28. The summed E-state index contributed by atoms with van der Waals surface area (Å²) in [5.41, 5.74) is 1.91. The molecule has 0 spiro atoms. The van der Waals surface area contributed by atoms with E-state index in [1.807, 2.05) is 66.3 Å². The molecule has 20 heavy (non-hydrogen) atoms. The zero-order valence-electron chi connectivity index (χ0n) is 10.9. The van der Waals surface area contributed by atoms with Crippen LogP contribution in [0, 0.1) is 6.92 Å². The quantitative estimate of drug-likeness (QED) is 0.741. The zero-order valence-corrected chi connectivity index (χ0v) is 11.7. The zero-order chi connectivity index (χ0) is 14.1. The molecule has 2 heterocycles. The van der Waals surface area contributed by atoms with Gasteiger partial charge in [-0.25, -0.2) is 0 Å². The van der Waals surface area contributed by atoms with Gasteiger partial charge in [0.25, 0.3) is 0 Å². The number of carboxylic acids is 1. The summed E-state index contributed by atoms with van der Waals surface area (Å²) >= 11 is 1.46. The number of aromatic carboxylic acids is 1. The predicted octanol–water partition coefficient (Wildman–Crippen LogP) is 2.88. The average Bonchev–Trinajstić information content (AvgIpc) is 3.06. The van der Waals surface area contributed by atoms with Crippen molar-refractivity contribution >= 4 is 17.3 Å². The lowest BCUT2D eigenvalue weighted by molar-refractivity contribution is -0.254. The number of thiophene rings is 1. The van der Waals surface area contributed by atoms with Gasteiger partial charge in [0.15, 0.2) is 0 Å². The summed E-state index contributed by atoms with van der Waals surface area (Å²) in [7, 11) is 0. The molecule has 3 aromatic rings. The Labute approximate surface area is 120 Å². The monoisotopic (exact) mass is 282 g/mol. The highest BCUT2D eigenvalue weighted by Gasteiger charge is 2.18. The molecule has 1 aromatic carbocycles. The van der Waals surface area contributed by atoms with E-state index in [4.69, 9.17) is 0 Å². The summed E-state index contributed by atoms with van der Waals surface area (Å²) < 4.78 is 1.81. The normalized spacial score (nSPS) is 10.7. The van der Waals surface area contributed by atoms with Crippen LogP contribution in [-0.4, -0.2) is 10.5 Å². The van der Waals surface area contributed by atoms with Gasteiger partial charge in [-0.15, -0.1) is 11.3 Å². The molecule has 0 aliphatic rings. The topological polar surface area (TPSA) is 45.1 Å². The Bertz CT molecular complexity index is 742. The van der Waals surface area contributed by atoms with E-state index >= 15 is 0 Å². The van der Waals surface area contributed by atoms with Crippen molar-refractivity contribution in [2.24, 2.45) is 0 Å². The van der Waals surface area contributed by atoms with Gasteiger partial charge in [-0.2, -0.15) is 0 Å². The van der Waals surface area contributed by atoms with Gasteiger partial charge in [-0.3, -0.25) is 0 Å². The lowest BCUT2D eigenvalue weighted by Gasteiger charge is -2.10. The molecule has 3 rings (SSSR count). The first-order valence-corrected chi connectivity index (χ1v) is 7.03. The Morgan fingerprint density at radius 2 is 1.75 bits per heavy atom. The average molecular weight is 282 g/mol. The van der Waals surface area contributed by atoms with Crippen LogP contribution in [0.25, 0.3) is 16.1 Å². The van der Waals surface area contributed by atoms with Crippen molar-refractivity contribution in [3.05, 3.63) is 65.3 Å². The molecule has 0 saturated heterocycles. The van der Waals surface area contributed by atoms with Crippen LogP contribution in [-0.2, 0) is 0 Å². The first-order valence-electron chi connectivity index (χ1n) is 6.22. The van der Waals surface area contributed by atoms with Gasteiger partial charge in [-0.1, -0.05) is 30.3 Å². The molecule has 3 nitrogen and oxygen atoms in total. The molecular formula is C16H12NO2S-. The van der Waals surface area contributed by atoms with Crippen molar-refractivity contribution in [1.82, 2.24) is 4.57 Å². The predicted molar refractivity (Wildman–Crippen MR) is 78.1 cm³/mol. The van der Waals surface area contributed by atoms with Crippen LogP contribution < -0.4 is 5.11 Å². The first kappa shape index (κ1) is 12.7. The number of carboxylic acid groups (broad SMARTS) is 1. The molecule has 2 aromatic heterocycles. The van der Waals surface area contributed by atoms with Crippen molar-refractivity contribution in [3.8, 4) is 16.1 Å². The largest absolute Gasteiger partial charge is 0.545 e. The number of benzene rings is 1.